The molecule has 0 bridgehead atoms. The zero-order valence-electron chi connectivity index (χ0n) is 10.2. The van der Waals surface area contributed by atoms with Gasteiger partial charge in [-0.3, -0.25) is 0 Å². The van der Waals surface area contributed by atoms with E-state index in [1.54, 1.807) is 31.2 Å². The number of carbonyl (C=O) groups is 1. The first kappa shape index (κ1) is 14.6. The van der Waals surface area contributed by atoms with Crippen LogP contribution in [0.15, 0.2) is 24.3 Å². The summed E-state index contributed by atoms with van der Waals surface area (Å²) < 4.78 is 4.63. The van der Waals surface area contributed by atoms with Crippen molar-refractivity contribution in [3.63, 3.8) is 0 Å². The first-order valence-corrected chi connectivity index (χ1v) is 5.82. The Labute approximate surface area is 106 Å². The first-order valence-electron chi connectivity index (χ1n) is 5.82. The van der Waals surface area contributed by atoms with Crippen LogP contribution < -0.4 is 0 Å². The van der Waals surface area contributed by atoms with Crippen LogP contribution in [0.3, 0.4) is 0 Å². The molecule has 1 aromatic rings. The molecule has 18 heavy (non-hydrogen) atoms. The Morgan fingerprint density at radius 1 is 1.28 bits per heavy atom. The fourth-order valence-electron chi connectivity index (χ4n) is 1.55. The van der Waals surface area contributed by atoms with Crippen LogP contribution >= 0.6 is 0 Å². The molecule has 0 aliphatic heterocycles. The highest BCUT2D eigenvalue weighted by molar-refractivity contribution is 5.75. The Morgan fingerprint density at radius 3 is 2.39 bits per heavy atom. The van der Waals surface area contributed by atoms with Crippen molar-refractivity contribution in [3.05, 3.63) is 35.4 Å². The van der Waals surface area contributed by atoms with E-state index in [2.05, 4.69) is 4.74 Å². The van der Waals surface area contributed by atoms with Gasteiger partial charge in [0.15, 0.2) is 6.10 Å². The lowest BCUT2D eigenvalue weighted by molar-refractivity contribution is -0.159. The van der Waals surface area contributed by atoms with Gasteiger partial charge in [-0.15, -0.1) is 0 Å². The summed E-state index contributed by atoms with van der Waals surface area (Å²) in [6.07, 6.45) is -2.38. The van der Waals surface area contributed by atoms with E-state index in [1.807, 2.05) is 0 Å². The molecule has 2 atom stereocenters. The summed E-state index contributed by atoms with van der Waals surface area (Å²) in [4.78, 5) is 11.3. The van der Waals surface area contributed by atoms with Crippen LogP contribution in [0.25, 0.3) is 0 Å². The second kappa shape index (κ2) is 7.10. The molecule has 5 nitrogen and oxygen atoms in total. The van der Waals surface area contributed by atoms with Crippen molar-refractivity contribution >= 4 is 5.97 Å². The van der Waals surface area contributed by atoms with Crippen molar-refractivity contribution in [2.75, 3.05) is 13.2 Å². The van der Waals surface area contributed by atoms with E-state index >= 15 is 0 Å². The van der Waals surface area contributed by atoms with Crippen LogP contribution in [-0.2, 0) is 16.0 Å². The van der Waals surface area contributed by atoms with E-state index in [1.165, 1.54) is 0 Å². The third kappa shape index (κ3) is 3.80. The molecule has 0 aliphatic rings. The molecule has 0 saturated carbocycles. The predicted octanol–water partition coefficient (Wildman–Crippen LogP) is 0.179. The molecule has 0 spiro atoms. The van der Waals surface area contributed by atoms with Crippen molar-refractivity contribution in [2.24, 2.45) is 0 Å². The maximum Gasteiger partial charge on any atom is 0.338 e. The summed E-state index contributed by atoms with van der Waals surface area (Å²) in [7, 11) is 0. The predicted molar refractivity (Wildman–Crippen MR) is 64.8 cm³/mol. The zero-order chi connectivity index (χ0) is 13.5. The Bertz CT molecular complexity index is 373. The fraction of sp³-hybridized carbons (Fsp3) is 0.462. The van der Waals surface area contributed by atoms with Crippen molar-refractivity contribution in [1.29, 1.82) is 0 Å². The van der Waals surface area contributed by atoms with Crippen LogP contribution in [0.4, 0.5) is 0 Å². The summed E-state index contributed by atoms with van der Waals surface area (Å²) in [6, 6.07) is 6.68. The Hall–Kier alpha value is -1.43. The number of ether oxygens (including phenoxy) is 1. The normalized spacial score (nSPS) is 14.0. The molecule has 0 fully saturated rings. The second-order valence-electron chi connectivity index (χ2n) is 3.86. The van der Waals surface area contributed by atoms with E-state index < -0.39 is 18.2 Å². The van der Waals surface area contributed by atoms with E-state index in [4.69, 9.17) is 5.11 Å². The van der Waals surface area contributed by atoms with Gasteiger partial charge in [0.25, 0.3) is 0 Å². The van der Waals surface area contributed by atoms with Crippen LogP contribution in [0.1, 0.15) is 24.2 Å². The van der Waals surface area contributed by atoms with Gasteiger partial charge in [-0.2, -0.15) is 0 Å². The highest BCUT2D eigenvalue weighted by atomic mass is 16.5. The number of aliphatic hydroxyl groups excluding tert-OH is 3. The lowest BCUT2D eigenvalue weighted by atomic mass is 10.0. The average Bonchev–Trinajstić information content (AvgIpc) is 2.38. The number of benzene rings is 1. The molecule has 0 aromatic heterocycles. The molecule has 0 saturated heterocycles. The van der Waals surface area contributed by atoms with Crippen molar-refractivity contribution in [3.8, 4) is 0 Å². The van der Waals surface area contributed by atoms with Gasteiger partial charge in [0.1, 0.15) is 6.10 Å². The van der Waals surface area contributed by atoms with Gasteiger partial charge < -0.3 is 20.1 Å². The molecular weight excluding hydrogens is 236 g/mol. The van der Waals surface area contributed by atoms with E-state index in [0.29, 0.717) is 12.0 Å². The molecule has 3 N–H and O–H groups in total. The van der Waals surface area contributed by atoms with Gasteiger partial charge in [0.05, 0.1) is 6.61 Å². The Kier molecular flexibility index (Phi) is 5.77. The average molecular weight is 254 g/mol. The molecule has 0 heterocycles. The van der Waals surface area contributed by atoms with E-state index in [9.17, 15) is 15.0 Å². The third-order valence-corrected chi connectivity index (χ3v) is 2.55. The van der Waals surface area contributed by atoms with Crippen LogP contribution in [0.2, 0.25) is 0 Å². The van der Waals surface area contributed by atoms with Crippen molar-refractivity contribution in [2.45, 2.75) is 25.6 Å². The third-order valence-electron chi connectivity index (χ3n) is 2.55. The maximum atomic E-state index is 11.3. The van der Waals surface area contributed by atoms with Gasteiger partial charge >= 0.3 is 5.97 Å². The summed E-state index contributed by atoms with van der Waals surface area (Å²) in [5, 5.41) is 28.2. The summed E-state index contributed by atoms with van der Waals surface area (Å²) in [5.74, 6) is -0.843. The Morgan fingerprint density at radius 2 is 1.89 bits per heavy atom. The van der Waals surface area contributed by atoms with Crippen LogP contribution in [0, 0.1) is 0 Å². The number of rotatable bonds is 6. The van der Waals surface area contributed by atoms with Crippen LogP contribution in [0.5, 0.6) is 0 Å². The Balaban J connectivity index is 2.71. The molecule has 5 heteroatoms. The van der Waals surface area contributed by atoms with Gasteiger partial charge in [-0.25, -0.2) is 4.79 Å². The molecular formula is C13H18O5. The van der Waals surface area contributed by atoms with Crippen LogP contribution in [-0.4, -0.2) is 40.6 Å². The minimum Gasteiger partial charge on any atom is -0.464 e. The maximum absolute atomic E-state index is 11.3. The molecule has 1 rings (SSSR count). The lowest BCUT2D eigenvalue weighted by Gasteiger charge is -2.16. The van der Waals surface area contributed by atoms with Gasteiger partial charge in [0.2, 0.25) is 0 Å². The van der Waals surface area contributed by atoms with Crippen molar-refractivity contribution in [1.82, 2.24) is 0 Å². The highest BCUT2D eigenvalue weighted by Gasteiger charge is 2.26. The standard InChI is InChI=1S/C13H18O5/c1-2-18-13(17)12(16)11(15)10-5-3-9(4-6-10)7-8-14/h3-6,11-12,14-16H,2,7-8H2,1H3. The molecule has 2 unspecified atom stereocenters. The monoisotopic (exact) mass is 254 g/mol. The first-order chi connectivity index (χ1) is 8.60. The van der Waals surface area contributed by atoms with Gasteiger partial charge in [0, 0.05) is 6.61 Å². The highest BCUT2D eigenvalue weighted by Crippen LogP contribution is 2.18. The zero-order valence-corrected chi connectivity index (χ0v) is 10.2. The lowest BCUT2D eigenvalue weighted by Crippen LogP contribution is -2.29. The number of aliphatic hydroxyl groups is 3. The number of carbonyl (C=O) groups excluding carboxylic acids is 1. The number of esters is 1. The fourth-order valence-corrected chi connectivity index (χ4v) is 1.55. The topological polar surface area (TPSA) is 87.0 Å². The minimum absolute atomic E-state index is 0.0490. The number of hydrogen-bond acceptors (Lipinski definition) is 5. The van der Waals surface area contributed by atoms with Gasteiger partial charge in [-0.1, -0.05) is 24.3 Å². The molecule has 0 aliphatic carbocycles. The number of hydrogen-bond donors (Lipinski definition) is 3. The minimum atomic E-state index is -1.59. The quantitative estimate of drug-likeness (QED) is 0.630. The second-order valence-corrected chi connectivity index (χ2v) is 3.86. The van der Waals surface area contributed by atoms with E-state index in [0.717, 1.165) is 5.56 Å². The van der Waals surface area contributed by atoms with E-state index in [-0.39, 0.29) is 13.2 Å². The SMILES string of the molecule is CCOC(=O)C(O)C(O)c1ccc(CCO)cc1. The summed E-state index contributed by atoms with van der Waals surface area (Å²) in [5.41, 5.74) is 1.34. The largest absolute Gasteiger partial charge is 0.464 e. The smallest absolute Gasteiger partial charge is 0.338 e. The van der Waals surface area contributed by atoms with Crippen molar-refractivity contribution < 1.29 is 24.9 Å². The summed E-state index contributed by atoms with van der Waals surface area (Å²) >= 11 is 0. The molecule has 1 aromatic carbocycles. The summed E-state index contributed by atoms with van der Waals surface area (Å²) in [6.45, 7) is 1.83. The molecule has 0 amide bonds. The molecule has 0 radical (unpaired) electrons. The molecule has 100 valence electrons. The van der Waals surface area contributed by atoms with Gasteiger partial charge in [-0.05, 0) is 24.5 Å².